The molecule has 116 valence electrons. The van der Waals surface area contributed by atoms with E-state index in [0.717, 1.165) is 24.3 Å². The molecule has 0 atom stereocenters. The Morgan fingerprint density at radius 1 is 1.14 bits per heavy atom. The molecule has 0 fully saturated rings. The highest BCUT2D eigenvalue weighted by molar-refractivity contribution is 6.34. The fourth-order valence-corrected chi connectivity index (χ4v) is 2.13. The standard InChI is InChI=1S/C15H10ClF4NO/c1-8-2-4-10(7-12(8)15(18,19)20)21-14(22)11-5-3-9(17)6-13(11)16/h2-7H,1H3,(H,21,22). The minimum atomic E-state index is -4.52. The third kappa shape index (κ3) is 3.57. The maximum absolute atomic E-state index is 12.9. The van der Waals surface area contributed by atoms with Crippen LogP contribution in [0.5, 0.6) is 0 Å². The minimum Gasteiger partial charge on any atom is -0.322 e. The van der Waals surface area contributed by atoms with Crippen LogP contribution in [0.25, 0.3) is 0 Å². The largest absolute Gasteiger partial charge is 0.416 e. The van der Waals surface area contributed by atoms with Gasteiger partial charge < -0.3 is 5.32 Å². The number of carbonyl (C=O) groups excluding carboxylic acids is 1. The highest BCUT2D eigenvalue weighted by Crippen LogP contribution is 2.33. The maximum atomic E-state index is 12.9. The number of halogens is 5. The van der Waals surface area contributed by atoms with Crippen LogP contribution in [0.1, 0.15) is 21.5 Å². The van der Waals surface area contributed by atoms with E-state index in [2.05, 4.69) is 5.32 Å². The molecule has 0 radical (unpaired) electrons. The number of alkyl halides is 3. The van der Waals surface area contributed by atoms with Crippen LogP contribution in [0.4, 0.5) is 23.2 Å². The van der Waals surface area contributed by atoms with Crippen molar-refractivity contribution in [1.82, 2.24) is 0 Å². The first-order valence-corrected chi connectivity index (χ1v) is 6.50. The van der Waals surface area contributed by atoms with E-state index in [9.17, 15) is 22.4 Å². The highest BCUT2D eigenvalue weighted by Gasteiger charge is 2.32. The Morgan fingerprint density at radius 3 is 2.41 bits per heavy atom. The fourth-order valence-electron chi connectivity index (χ4n) is 1.88. The molecule has 0 aliphatic rings. The predicted octanol–water partition coefficient (Wildman–Crippen LogP) is 5.06. The zero-order valence-electron chi connectivity index (χ0n) is 11.3. The molecule has 0 saturated heterocycles. The van der Waals surface area contributed by atoms with Crippen molar-refractivity contribution in [3.63, 3.8) is 0 Å². The van der Waals surface area contributed by atoms with E-state index >= 15 is 0 Å². The van der Waals surface area contributed by atoms with E-state index in [1.165, 1.54) is 19.1 Å². The molecule has 1 amide bonds. The number of amides is 1. The summed E-state index contributed by atoms with van der Waals surface area (Å²) in [5.74, 6) is -1.33. The Labute approximate surface area is 128 Å². The Kier molecular flexibility index (Phi) is 4.42. The van der Waals surface area contributed by atoms with Crippen molar-refractivity contribution in [2.45, 2.75) is 13.1 Å². The fraction of sp³-hybridized carbons (Fsp3) is 0.133. The molecular formula is C15H10ClF4NO. The Morgan fingerprint density at radius 2 is 1.82 bits per heavy atom. The Balaban J connectivity index is 2.29. The normalized spacial score (nSPS) is 11.4. The summed E-state index contributed by atoms with van der Waals surface area (Å²) in [4.78, 5) is 12.0. The zero-order chi connectivity index (χ0) is 16.5. The minimum absolute atomic E-state index is 0.0247. The summed E-state index contributed by atoms with van der Waals surface area (Å²) >= 11 is 5.74. The van der Waals surface area contributed by atoms with Crippen LogP contribution in [-0.2, 0) is 6.18 Å². The van der Waals surface area contributed by atoms with Crippen molar-refractivity contribution >= 4 is 23.2 Å². The van der Waals surface area contributed by atoms with E-state index in [1.54, 1.807) is 0 Å². The lowest BCUT2D eigenvalue weighted by atomic mass is 10.1. The van der Waals surface area contributed by atoms with Crippen LogP contribution in [0.2, 0.25) is 5.02 Å². The van der Waals surface area contributed by atoms with E-state index in [4.69, 9.17) is 11.6 Å². The van der Waals surface area contributed by atoms with Gasteiger partial charge in [-0.3, -0.25) is 4.79 Å². The Hall–Kier alpha value is -2.08. The molecule has 0 bridgehead atoms. The first-order chi connectivity index (χ1) is 10.2. The summed E-state index contributed by atoms with van der Waals surface area (Å²) in [7, 11) is 0. The highest BCUT2D eigenvalue weighted by atomic mass is 35.5. The van der Waals surface area contributed by atoms with Gasteiger partial charge in [0.1, 0.15) is 5.82 Å². The lowest BCUT2D eigenvalue weighted by molar-refractivity contribution is -0.138. The summed E-state index contributed by atoms with van der Waals surface area (Å²) in [5, 5.41) is 2.19. The van der Waals surface area contributed by atoms with Crippen LogP contribution in [0, 0.1) is 12.7 Å². The molecule has 0 saturated carbocycles. The third-order valence-corrected chi connectivity index (χ3v) is 3.29. The van der Waals surface area contributed by atoms with Gasteiger partial charge in [0.2, 0.25) is 0 Å². The number of nitrogens with one attached hydrogen (secondary N) is 1. The monoisotopic (exact) mass is 331 g/mol. The van der Waals surface area contributed by atoms with Crippen molar-refractivity contribution in [3.8, 4) is 0 Å². The van der Waals surface area contributed by atoms with E-state index in [-0.39, 0.29) is 21.8 Å². The van der Waals surface area contributed by atoms with Gasteiger partial charge in [0.15, 0.2) is 0 Å². The average molecular weight is 332 g/mol. The summed E-state index contributed by atoms with van der Waals surface area (Å²) in [6.07, 6.45) is -4.52. The van der Waals surface area contributed by atoms with Gasteiger partial charge in [-0.25, -0.2) is 4.39 Å². The predicted molar refractivity (Wildman–Crippen MR) is 75.5 cm³/mol. The number of hydrogen-bond donors (Lipinski definition) is 1. The van der Waals surface area contributed by atoms with Crippen LogP contribution in [-0.4, -0.2) is 5.91 Å². The molecule has 2 rings (SSSR count). The first kappa shape index (κ1) is 16.3. The molecule has 0 aliphatic carbocycles. The van der Waals surface area contributed by atoms with Gasteiger partial charge in [-0.15, -0.1) is 0 Å². The van der Waals surface area contributed by atoms with Crippen molar-refractivity contribution in [1.29, 1.82) is 0 Å². The number of carbonyl (C=O) groups is 1. The quantitative estimate of drug-likeness (QED) is 0.766. The van der Waals surface area contributed by atoms with Gasteiger partial charge in [-0.2, -0.15) is 13.2 Å². The number of anilines is 1. The molecule has 2 aromatic carbocycles. The van der Waals surface area contributed by atoms with Crippen LogP contribution in [0.3, 0.4) is 0 Å². The molecular weight excluding hydrogens is 322 g/mol. The molecule has 0 unspecified atom stereocenters. The smallest absolute Gasteiger partial charge is 0.322 e. The van der Waals surface area contributed by atoms with Gasteiger partial charge in [-0.05, 0) is 42.8 Å². The average Bonchev–Trinajstić information content (AvgIpc) is 2.39. The zero-order valence-corrected chi connectivity index (χ0v) is 12.0. The molecule has 2 aromatic rings. The maximum Gasteiger partial charge on any atom is 0.416 e. The lowest BCUT2D eigenvalue weighted by Crippen LogP contribution is -2.14. The van der Waals surface area contributed by atoms with Crippen molar-refractivity contribution in [3.05, 3.63) is 63.9 Å². The molecule has 22 heavy (non-hydrogen) atoms. The summed E-state index contributed by atoms with van der Waals surface area (Å²) in [5.41, 5.74) is -0.846. The molecule has 1 N–H and O–H groups in total. The second kappa shape index (κ2) is 5.96. The summed E-state index contributed by atoms with van der Waals surface area (Å²) in [6, 6.07) is 6.59. The van der Waals surface area contributed by atoms with Gasteiger partial charge >= 0.3 is 6.18 Å². The van der Waals surface area contributed by atoms with Crippen LogP contribution in [0.15, 0.2) is 36.4 Å². The molecule has 2 nitrogen and oxygen atoms in total. The van der Waals surface area contributed by atoms with Gasteiger partial charge in [-0.1, -0.05) is 17.7 Å². The Bertz CT molecular complexity index is 728. The molecule has 0 aliphatic heterocycles. The molecule has 0 aromatic heterocycles. The number of benzene rings is 2. The SMILES string of the molecule is Cc1ccc(NC(=O)c2ccc(F)cc2Cl)cc1C(F)(F)F. The van der Waals surface area contributed by atoms with Gasteiger partial charge in [0.05, 0.1) is 16.1 Å². The molecule has 0 heterocycles. The van der Waals surface area contributed by atoms with E-state index in [1.807, 2.05) is 0 Å². The second-order valence-electron chi connectivity index (χ2n) is 4.61. The summed E-state index contributed by atoms with van der Waals surface area (Å²) in [6.45, 7) is 1.32. The van der Waals surface area contributed by atoms with Crippen LogP contribution < -0.4 is 5.32 Å². The third-order valence-electron chi connectivity index (χ3n) is 2.98. The van der Waals surface area contributed by atoms with Crippen molar-refractivity contribution < 1.29 is 22.4 Å². The number of hydrogen-bond acceptors (Lipinski definition) is 1. The first-order valence-electron chi connectivity index (χ1n) is 6.13. The molecule has 7 heteroatoms. The molecule has 0 spiro atoms. The topological polar surface area (TPSA) is 29.1 Å². The van der Waals surface area contributed by atoms with Gasteiger partial charge in [0, 0.05) is 5.69 Å². The summed E-state index contributed by atoms with van der Waals surface area (Å²) < 4.78 is 51.4. The van der Waals surface area contributed by atoms with E-state index in [0.29, 0.717) is 0 Å². The van der Waals surface area contributed by atoms with Crippen molar-refractivity contribution in [2.24, 2.45) is 0 Å². The second-order valence-corrected chi connectivity index (χ2v) is 5.01. The van der Waals surface area contributed by atoms with Gasteiger partial charge in [0.25, 0.3) is 5.91 Å². The number of rotatable bonds is 2. The van der Waals surface area contributed by atoms with Crippen molar-refractivity contribution in [2.75, 3.05) is 5.32 Å². The number of aryl methyl sites for hydroxylation is 1. The lowest BCUT2D eigenvalue weighted by Gasteiger charge is -2.13. The van der Waals surface area contributed by atoms with E-state index < -0.39 is 23.5 Å². The van der Waals surface area contributed by atoms with Crippen LogP contribution >= 0.6 is 11.6 Å².